The lowest BCUT2D eigenvalue weighted by Gasteiger charge is -2.20. The molecule has 0 spiro atoms. The second kappa shape index (κ2) is 7.45. The molecule has 1 heterocycles. The molecule has 5 nitrogen and oxygen atoms in total. The molecule has 8 heteroatoms. The maximum atomic E-state index is 12.7. The summed E-state index contributed by atoms with van der Waals surface area (Å²) in [6.07, 6.45) is 1.77. The first-order chi connectivity index (χ1) is 11.9. The van der Waals surface area contributed by atoms with Crippen LogP contribution in [-0.4, -0.2) is 31.8 Å². The van der Waals surface area contributed by atoms with Gasteiger partial charge < -0.3 is 4.90 Å². The number of halogens is 1. The van der Waals surface area contributed by atoms with E-state index in [4.69, 9.17) is 11.6 Å². The van der Waals surface area contributed by atoms with Gasteiger partial charge in [-0.05, 0) is 56.2 Å². The van der Waals surface area contributed by atoms with Crippen LogP contribution in [0.5, 0.6) is 0 Å². The molecule has 0 aliphatic heterocycles. The number of benzene rings is 1. The van der Waals surface area contributed by atoms with Crippen molar-refractivity contribution in [2.45, 2.75) is 37.2 Å². The number of amides is 1. The first kappa shape index (κ1) is 18.4. The predicted octanol–water partition coefficient (Wildman–Crippen LogP) is 3.50. The summed E-state index contributed by atoms with van der Waals surface area (Å²) in [6.45, 7) is 2.94. The van der Waals surface area contributed by atoms with Crippen molar-refractivity contribution in [3.05, 3.63) is 51.2 Å². The Kier molecular flexibility index (Phi) is 5.48. The molecule has 0 saturated heterocycles. The lowest BCUT2D eigenvalue weighted by atomic mass is 10.2. The van der Waals surface area contributed by atoms with Gasteiger partial charge in [-0.3, -0.25) is 4.79 Å². The largest absolute Gasteiger partial charge is 0.334 e. The number of nitrogens with one attached hydrogen (secondary N) is 1. The average molecular weight is 399 g/mol. The molecular weight excluding hydrogens is 380 g/mol. The topological polar surface area (TPSA) is 66.5 Å². The number of sulfonamides is 1. The van der Waals surface area contributed by atoms with E-state index in [0.717, 1.165) is 17.7 Å². The highest BCUT2D eigenvalue weighted by Crippen LogP contribution is 2.24. The van der Waals surface area contributed by atoms with Crippen molar-refractivity contribution in [2.75, 3.05) is 6.54 Å². The van der Waals surface area contributed by atoms with E-state index in [9.17, 15) is 13.2 Å². The summed E-state index contributed by atoms with van der Waals surface area (Å²) in [5.74, 6) is -0.133. The maximum absolute atomic E-state index is 12.7. The molecule has 0 radical (unpaired) electrons. The number of carbonyl (C=O) groups is 1. The van der Waals surface area contributed by atoms with Crippen molar-refractivity contribution in [3.63, 3.8) is 0 Å². The smallest absolute Gasteiger partial charge is 0.254 e. The van der Waals surface area contributed by atoms with Crippen LogP contribution in [0.15, 0.2) is 41.3 Å². The molecule has 0 atom stereocenters. The number of hydrogen-bond donors (Lipinski definition) is 1. The lowest BCUT2D eigenvalue weighted by molar-refractivity contribution is 0.0754. The highest BCUT2D eigenvalue weighted by molar-refractivity contribution is 7.89. The minimum absolute atomic E-state index is 0.0551. The van der Waals surface area contributed by atoms with Crippen LogP contribution in [0, 0.1) is 0 Å². The Morgan fingerprint density at radius 2 is 1.92 bits per heavy atom. The van der Waals surface area contributed by atoms with Crippen LogP contribution in [0.3, 0.4) is 0 Å². The summed E-state index contributed by atoms with van der Waals surface area (Å²) in [6, 6.07) is 9.86. The molecule has 1 fully saturated rings. The van der Waals surface area contributed by atoms with Crippen LogP contribution in [-0.2, 0) is 16.6 Å². The number of thiophene rings is 1. The van der Waals surface area contributed by atoms with Crippen molar-refractivity contribution >= 4 is 38.9 Å². The molecule has 1 aromatic carbocycles. The molecular formula is C17H19ClN2O3S2. The highest BCUT2D eigenvalue weighted by Gasteiger charge is 2.28. The molecule has 2 aromatic rings. The summed E-state index contributed by atoms with van der Waals surface area (Å²) in [4.78, 5) is 15.6. The van der Waals surface area contributed by atoms with Crippen molar-refractivity contribution in [1.82, 2.24) is 9.62 Å². The molecule has 1 aliphatic carbocycles. The zero-order valence-electron chi connectivity index (χ0n) is 13.7. The summed E-state index contributed by atoms with van der Waals surface area (Å²) < 4.78 is 27.7. The normalized spacial score (nSPS) is 14.5. The zero-order chi connectivity index (χ0) is 18.0. The Morgan fingerprint density at radius 3 is 2.44 bits per heavy atom. The van der Waals surface area contributed by atoms with E-state index in [-0.39, 0.29) is 16.8 Å². The Labute approximate surface area is 156 Å². The number of hydrogen-bond acceptors (Lipinski definition) is 4. The lowest BCUT2D eigenvalue weighted by Crippen LogP contribution is -2.30. The molecule has 1 amide bonds. The second-order valence-electron chi connectivity index (χ2n) is 5.95. The first-order valence-electron chi connectivity index (χ1n) is 8.05. The van der Waals surface area contributed by atoms with E-state index >= 15 is 0 Å². The summed E-state index contributed by atoms with van der Waals surface area (Å²) >= 11 is 7.38. The number of nitrogens with zero attached hydrogens (tertiary/aromatic N) is 1. The van der Waals surface area contributed by atoms with E-state index in [2.05, 4.69) is 4.72 Å². The van der Waals surface area contributed by atoms with Crippen LogP contribution >= 0.6 is 22.9 Å². The minimum Gasteiger partial charge on any atom is -0.334 e. The maximum Gasteiger partial charge on any atom is 0.254 e. The van der Waals surface area contributed by atoms with Crippen molar-refractivity contribution in [1.29, 1.82) is 0 Å². The van der Waals surface area contributed by atoms with Gasteiger partial charge in [0.1, 0.15) is 0 Å². The summed E-state index contributed by atoms with van der Waals surface area (Å²) in [7, 11) is -3.50. The van der Waals surface area contributed by atoms with E-state index < -0.39 is 10.0 Å². The Balaban J connectivity index is 1.72. The van der Waals surface area contributed by atoms with Gasteiger partial charge in [-0.1, -0.05) is 11.6 Å². The SMILES string of the molecule is CCN(Cc1ccc(Cl)s1)C(=O)c1ccc(S(=O)(=O)NC2CC2)cc1. The van der Waals surface area contributed by atoms with Crippen molar-refractivity contribution < 1.29 is 13.2 Å². The molecule has 1 aliphatic rings. The number of carbonyl (C=O) groups excluding carboxylic acids is 1. The Morgan fingerprint density at radius 1 is 1.24 bits per heavy atom. The number of rotatable bonds is 7. The summed E-state index contributed by atoms with van der Waals surface area (Å²) in [5, 5.41) is 0. The van der Waals surface area contributed by atoms with E-state index in [1.807, 2.05) is 19.1 Å². The van der Waals surface area contributed by atoms with Gasteiger partial charge in [0.15, 0.2) is 0 Å². The average Bonchev–Trinajstić information content (AvgIpc) is 3.30. The highest BCUT2D eigenvalue weighted by atomic mass is 35.5. The van der Waals surface area contributed by atoms with E-state index in [1.165, 1.54) is 23.5 Å². The molecule has 1 saturated carbocycles. The van der Waals surface area contributed by atoms with Gasteiger partial charge in [0.2, 0.25) is 10.0 Å². The van der Waals surface area contributed by atoms with Crippen LogP contribution in [0.2, 0.25) is 4.34 Å². The molecule has 0 bridgehead atoms. The minimum atomic E-state index is -3.50. The van der Waals surface area contributed by atoms with Gasteiger partial charge in [0, 0.05) is 23.0 Å². The standard InChI is InChI=1S/C17H19ClN2O3S2/c1-2-20(11-14-7-10-16(18)24-14)17(21)12-3-8-15(9-4-12)25(22,23)19-13-5-6-13/h3-4,7-10,13,19H,2,5-6,11H2,1H3. The molecule has 3 rings (SSSR count). The van der Waals surface area contributed by atoms with Crippen molar-refractivity contribution in [3.8, 4) is 0 Å². The third kappa shape index (κ3) is 4.61. The van der Waals surface area contributed by atoms with Gasteiger partial charge in [-0.15, -0.1) is 11.3 Å². The predicted molar refractivity (Wildman–Crippen MR) is 99.5 cm³/mol. The first-order valence-corrected chi connectivity index (χ1v) is 10.7. The van der Waals surface area contributed by atoms with Gasteiger partial charge in [-0.2, -0.15) is 0 Å². The fourth-order valence-corrected chi connectivity index (χ4v) is 4.81. The van der Waals surface area contributed by atoms with E-state index in [1.54, 1.807) is 17.0 Å². The Hall–Kier alpha value is -1.41. The van der Waals surface area contributed by atoms with Gasteiger partial charge in [-0.25, -0.2) is 13.1 Å². The van der Waals surface area contributed by atoms with Crippen molar-refractivity contribution in [2.24, 2.45) is 0 Å². The Bertz CT molecular complexity index is 858. The van der Waals surface area contributed by atoms with Gasteiger partial charge in [0.05, 0.1) is 15.8 Å². The molecule has 1 aromatic heterocycles. The molecule has 0 unspecified atom stereocenters. The van der Waals surface area contributed by atoms with Crippen LogP contribution in [0.4, 0.5) is 0 Å². The fourth-order valence-electron chi connectivity index (χ4n) is 2.40. The summed E-state index contributed by atoms with van der Waals surface area (Å²) in [5.41, 5.74) is 0.467. The monoisotopic (exact) mass is 398 g/mol. The van der Waals surface area contributed by atoms with E-state index in [0.29, 0.717) is 23.0 Å². The fraction of sp³-hybridized carbons (Fsp3) is 0.353. The molecule has 25 heavy (non-hydrogen) atoms. The van der Waals surface area contributed by atoms with Gasteiger partial charge >= 0.3 is 0 Å². The quantitative estimate of drug-likeness (QED) is 0.776. The third-order valence-corrected chi connectivity index (χ3v) is 6.71. The molecule has 1 N–H and O–H groups in total. The van der Waals surface area contributed by atoms with Crippen LogP contribution in [0.1, 0.15) is 35.0 Å². The zero-order valence-corrected chi connectivity index (χ0v) is 16.1. The van der Waals surface area contributed by atoms with Gasteiger partial charge in [0.25, 0.3) is 5.91 Å². The second-order valence-corrected chi connectivity index (χ2v) is 9.46. The molecule has 134 valence electrons. The van der Waals surface area contributed by atoms with Crippen LogP contribution < -0.4 is 4.72 Å². The van der Waals surface area contributed by atoms with Crippen LogP contribution in [0.25, 0.3) is 0 Å². The third-order valence-electron chi connectivity index (χ3n) is 3.96.